The summed E-state index contributed by atoms with van der Waals surface area (Å²) in [5.74, 6) is -0.465. The van der Waals surface area contributed by atoms with Crippen molar-refractivity contribution in [2.24, 2.45) is 0 Å². The molecule has 0 radical (unpaired) electrons. The van der Waals surface area contributed by atoms with E-state index in [1.165, 1.54) is 18.2 Å². The van der Waals surface area contributed by atoms with E-state index in [1.807, 2.05) is 0 Å². The van der Waals surface area contributed by atoms with Crippen molar-refractivity contribution in [2.45, 2.75) is 6.10 Å². The second-order valence-corrected chi connectivity index (χ2v) is 4.11. The summed E-state index contributed by atoms with van der Waals surface area (Å²) in [5, 5.41) is 10.4. The molecule has 2 nitrogen and oxygen atoms in total. The minimum atomic E-state index is -1.09. The van der Waals surface area contributed by atoms with Gasteiger partial charge in [-0.15, -0.1) is 0 Å². The van der Waals surface area contributed by atoms with Crippen LogP contribution in [-0.2, 0) is 0 Å². The lowest BCUT2D eigenvalue weighted by molar-refractivity contribution is 0.215. The number of aliphatic hydroxyl groups is 1. The fraction of sp³-hybridized carbons (Fsp3) is 0.0769. The van der Waals surface area contributed by atoms with Crippen molar-refractivity contribution in [1.82, 2.24) is 0 Å². The Hall–Kier alpha value is -1.58. The second-order valence-electron chi connectivity index (χ2n) is 3.70. The standard InChI is InChI=1S/C13H11ClFNO/c14-11-7-8(16)5-6-9(11)13(17)10-3-1-2-4-12(10)15/h1-7,13,17H,16H2. The molecule has 17 heavy (non-hydrogen) atoms. The molecular weight excluding hydrogens is 241 g/mol. The van der Waals surface area contributed by atoms with Gasteiger partial charge in [0.1, 0.15) is 11.9 Å². The van der Waals surface area contributed by atoms with Crippen LogP contribution in [0, 0.1) is 5.82 Å². The van der Waals surface area contributed by atoms with E-state index in [4.69, 9.17) is 17.3 Å². The molecule has 0 bridgehead atoms. The lowest BCUT2D eigenvalue weighted by atomic mass is 10.0. The highest BCUT2D eigenvalue weighted by Crippen LogP contribution is 2.30. The zero-order valence-electron chi connectivity index (χ0n) is 8.90. The maximum Gasteiger partial charge on any atom is 0.129 e. The smallest absolute Gasteiger partial charge is 0.129 e. The Morgan fingerprint density at radius 2 is 1.82 bits per heavy atom. The van der Waals surface area contributed by atoms with Crippen LogP contribution in [0.3, 0.4) is 0 Å². The molecule has 0 spiro atoms. The van der Waals surface area contributed by atoms with E-state index < -0.39 is 11.9 Å². The van der Waals surface area contributed by atoms with Crippen molar-refractivity contribution < 1.29 is 9.50 Å². The number of benzene rings is 2. The topological polar surface area (TPSA) is 46.2 Å². The lowest BCUT2D eigenvalue weighted by Crippen LogP contribution is -2.03. The third-order valence-electron chi connectivity index (χ3n) is 2.52. The number of aliphatic hydroxyl groups excluding tert-OH is 1. The fourth-order valence-electron chi connectivity index (χ4n) is 1.63. The Bertz CT molecular complexity index is 545. The van der Waals surface area contributed by atoms with Crippen molar-refractivity contribution in [3.8, 4) is 0 Å². The Balaban J connectivity index is 2.44. The van der Waals surface area contributed by atoms with Crippen molar-refractivity contribution in [1.29, 1.82) is 0 Å². The molecule has 0 saturated heterocycles. The van der Waals surface area contributed by atoms with E-state index in [0.717, 1.165) is 0 Å². The van der Waals surface area contributed by atoms with E-state index in [-0.39, 0.29) is 5.56 Å². The normalized spacial score (nSPS) is 12.4. The van der Waals surface area contributed by atoms with Crippen LogP contribution in [-0.4, -0.2) is 5.11 Å². The molecule has 0 aromatic heterocycles. The van der Waals surface area contributed by atoms with Crippen LogP contribution in [0.25, 0.3) is 0 Å². The predicted octanol–water partition coefficient (Wildman–Crippen LogP) is 3.14. The van der Waals surface area contributed by atoms with Crippen molar-refractivity contribution in [3.63, 3.8) is 0 Å². The zero-order chi connectivity index (χ0) is 12.4. The quantitative estimate of drug-likeness (QED) is 0.806. The summed E-state index contributed by atoms with van der Waals surface area (Å²) in [7, 11) is 0. The summed E-state index contributed by atoms with van der Waals surface area (Å²) >= 11 is 5.96. The Labute approximate surface area is 103 Å². The molecule has 0 amide bonds. The molecule has 2 rings (SSSR count). The van der Waals surface area contributed by atoms with Gasteiger partial charge in [0.25, 0.3) is 0 Å². The first-order valence-corrected chi connectivity index (χ1v) is 5.45. The molecule has 4 heteroatoms. The molecule has 1 unspecified atom stereocenters. The van der Waals surface area contributed by atoms with Crippen LogP contribution in [0.1, 0.15) is 17.2 Å². The highest BCUT2D eigenvalue weighted by Gasteiger charge is 2.17. The molecule has 0 saturated carbocycles. The molecule has 2 aromatic rings. The van der Waals surface area contributed by atoms with Gasteiger partial charge < -0.3 is 10.8 Å². The first-order valence-electron chi connectivity index (χ1n) is 5.07. The van der Waals surface area contributed by atoms with E-state index in [1.54, 1.807) is 24.3 Å². The lowest BCUT2D eigenvalue weighted by Gasteiger charge is -2.14. The molecule has 3 N–H and O–H groups in total. The second kappa shape index (κ2) is 4.73. The molecule has 0 aliphatic carbocycles. The minimum Gasteiger partial charge on any atom is -0.399 e. The van der Waals surface area contributed by atoms with Gasteiger partial charge in [0.05, 0.1) is 0 Å². The van der Waals surface area contributed by atoms with E-state index in [0.29, 0.717) is 16.3 Å². The third kappa shape index (κ3) is 2.40. The van der Waals surface area contributed by atoms with Crippen LogP contribution >= 0.6 is 11.6 Å². The summed E-state index contributed by atoms with van der Waals surface area (Å²) in [5.41, 5.74) is 6.69. The minimum absolute atomic E-state index is 0.194. The first-order chi connectivity index (χ1) is 8.09. The monoisotopic (exact) mass is 251 g/mol. The van der Waals surface area contributed by atoms with Crippen LogP contribution in [0.5, 0.6) is 0 Å². The third-order valence-corrected chi connectivity index (χ3v) is 2.85. The van der Waals surface area contributed by atoms with Gasteiger partial charge in [-0.25, -0.2) is 4.39 Å². The zero-order valence-corrected chi connectivity index (χ0v) is 9.66. The van der Waals surface area contributed by atoms with Gasteiger partial charge in [0.15, 0.2) is 0 Å². The SMILES string of the molecule is Nc1ccc(C(O)c2ccccc2F)c(Cl)c1. The van der Waals surface area contributed by atoms with Gasteiger partial charge in [-0.3, -0.25) is 0 Å². The van der Waals surface area contributed by atoms with Gasteiger partial charge >= 0.3 is 0 Å². The number of hydrogen-bond acceptors (Lipinski definition) is 2. The molecule has 2 aromatic carbocycles. The summed E-state index contributed by atoms with van der Waals surface area (Å²) in [4.78, 5) is 0. The van der Waals surface area contributed by atoms with E-state index in [9.17, 15) is 9.50 Å². The highest BCUT2D eigenvalue weighted by atomic mass is 35.5. The van der Waals surface area contributed by atoms with Gasteiger partial charge in [-0.2, -0.15) is 0 Å². The Morgan fingerprint density at radius 1 is 1.12 bits per heavy atom. The largest absolute Gasteiger partial charge is 0.399 e. The number of nitrogen functional groups attached to an aromatic ring is 1. The number of anilines is 1. The van der Waals surface area contributed by atoms with Crippen LogP contribution in [0.4, 0.5) is 10.1 Å². The van der Waals surface area contributed by atoms with E-state index >= 15 is 0 Å². The molecule has 0 aliphatic rings. The molecule has 0 heterocycles. The maximum atomic E-state index is 13.5. The predicted molar refractivity (Wildman–Crippen MR) is 66.3 cm³/mol. The van der Waals surface area contributed by atoms with Crippen LogP contribution < -0.4 is 5.73 Å². The van der Waals surface area contributed by atoms with Crippen molar-refractivity contribution in [3.05, 3.63) is 64.4 Å². The molecule has 0 aliphatic heterocycles. The van der Waals surface area contributed by atoms with Crippen LogP contribution in [0.15, 0.2) is 42.5 Å². The van der Waals surface area contributed by atoms with Crippen molar-refractivity contribution in [2.75, 3.05) is 5.73 Å². The van der Waals surface area contributed by atoms with Crippen molar-refractivity contribution >= 4 is 17.3 Å². The molecule has 1 atom stereocenters. The summed E-state index contributed by atoms with van der Waals surface area (Å²) in [6.07, 6.45) is -1.09. The van der Waals surface area contributed by atoms with E-state index in [2.05, 4.69) is 0 Å². The summed E-state index contributed by atoms with van der Waals surface area (Å²) in [6, 6.07) is 10.8. The van der Waals surface area contributed by atoms with Gasteiger partial charge in [0, 0.05) is 21.8 Å². The molecule has 88 valence electrons. The fourth-order valence-corrected chi connectivity index (χ4v) is 1.92. The molecular formula is C13H11ClFNO. The molecule has 0 fully saturated rings. The van der Waals surface area contributed by atoms with Gasteiger partial charge in [0.2, 0.25) is 0 Å². The summed E-state index contributed by atoms with van der Waals surface area (Å²) in [6.45, 7) is 0. The average Bonchev–Trinajstić information content (AvgIpc) is 2.29. The van der Waals surface area contributed by atoms with Crippen LogP contribution in [0.2, 0.25) is 5.02 Å². The summed E-state index contributed by atoms with van der Waals surface area (Å²) < 4.78 is 13.5. The highest BCUT2D eigenvalue weighted by molar-refractivity contribution is 6.31. The number of rotatable bonds is 2. The Kier molecular flexibility index (Phi) is 3.31. The maximum absolute atomic E-state index is 13.5. The average molecular weight is 252 g/mol. The Morgan fingerprint density at radius 3 is 2.47 bits per heavy atom. The number of nitrogens with two attached hydrogens (primary N) is 1. The number of halogens is 2. The van der Waals surface area contributed by atoms with Gasteiger partial charge in [-0.1, -0.05) is 35.9 Å². The first kappa shape index (κ1) is 11.9. The number of hydrogen-bond donors (Lipinski definition) is 2. The van der Waals surface area contributed by atoms with Gasteiger partial charge in [-0.05, 0) is 18.2 Å².